The molecule has 1 heteroatoms. The van der Waals surface area contributed by atoms with Crippen molar-refractivity contribution in [2.24, 2.45) is 0 Å². The Morgan fingerprint density at radius 2 is 0.776 bits per heavy atom. The summed E-state index contributed by atoms with van der Waals surface area (Å²) < 4.78 is 0. The smallest absolute Gasteiger partial charge is 0.0465 e. The van der Waals surface area contributed by atoms with E-state index in [1.807, 2.05) is 0 Å². The van der Waals surface area contributed by atoms with Crippen LogP contribution in [0.25, 0.3) is 44.5 Å². The second kappa shape index (κ2) is 10.9. The molecule has 9 rings (SSSR count). The van der Waals surface area contributed by atoms with Crippen molar-refractivity contribution in [3.8, 4) is 44.5 Å². The van der Waals surface area contributed by atoms with E-state index in [1.165, 1.54) is 72.4 Å². The molecule has 1 nitrogen and oxygen atoms in total. The molecule has 2 aliphatic rings. The van der Waals surface area contributed by atoms with Crippen molar-refractivity contribution < 1.29 is 0 Å². The normalized spacial score (nSPS) is 14.4. The van der Waals surface area contributed by atoms with Gasteiger partial charge < -0.3 is 4.90 Å². The van der Waals surface area contributed by atoms with Gasteiger partial charge in [-0.25, -0.2) is 0 Å². The van der Waals surface area contributed by atoms with Crippen molar-refractivity contribution in [2.75, 3.05) is 4.90 Å². The average Bonchev–Trinajstić information content (AvgIpc) is 3.51. The Labute approximate surface area is 290 Å². The van der Waals surface area contributed by atoms with Crippen molar-refractivity contribution in [3.05, 3.63) is 186 Å². The summed E-state index contributed by atoms with van der Waals surface area (Å²) in [6, 6.07) is 60.4. The van der Waals surface area contributed by atoms with Gasteiger partial charge in [0.05, 0.1) is 0 Å². The minimum absolute atomic E-state index is 0.0144. The van der Waals surface area contributed by atoms with E-state index >= 15 is 0 Å². The van der Waals surface area contributed by atoms with Crippen LogP contribution in [0.3, 0.4) is 0 Å². The number of benzene rings is 7. The maximum Gasteiger partial charge on any atom is 0.0465 e. The first-order valence-electron chi connectivity index (χ1n) is 17.4. The zero-order valence-corrected chi connectivity index (χ0v) is 28.5. The lowest BCUT2D eigenvalue weighted by molar-refractivity contribution is 0.660. The summed E-state index contributed by atoms with van der Waals surface area (Å²) in [5.41, 5.74) is 19.3. The predicted molar refractivity (Wildman–Crippen MR) is 207 cm³/mol. The van der Waals surface area contributed by atoms with E-state index in [9.17, 15) is 0 Å². The van der Waals surface area contributed by atoms with Crippen LogP contribution in [-0.4, -0.2) is 0 Å². The summed E-state index contributed by atoms with van der Waals surface area (Å²) in [5.74, 6) is 0. The maximum absolute atomic E-state index is 2.41. The number of hydrogen-bond acceptors (Lipinski definition) is 1. The summed E-state index contributed by atoms with van der Waals surface area (Å²) in [7, 11) is 0. The molecule has 0 fully saturated rings. The van der Waals surface area contributed by atoms with Crippen LogP contribution in [0, 0.1) is 0 Å². The van der Waals surface area contributed by atoms with Gasteiger partial charge in [-0.1, -0.05) is 143 Å². The summed E-state index contributed by atoms with van der Waals surface area (Å²) in [6.45, 7) is 9.41. The highest BCUT2D eigenvalue weighted by Gasteiger charge is 2.37. The zero-order valence-electron chi connectivity index (χ0n) is 28.5. The van der Waals surface area contributed by atoms with Gasteiger partial charge in [-0.3, -0.25) is 0 Å². The summed E-state index contributed by atoms with van der Waals surface area (Å²) in [6.07, 6.45) is 0. The van der Waals surface area contributed by atoms with E-state index in [2.05, 4.69) is 196 Å². The fourth-order valence-corrected chi connectivity index (χ4v) is 8.40. The Morgan fingerprint density at radius 1 is 0.306 bits per heavy atom. The fraction of sp³-hybridized carbons (Fsp3) is 0.125. The molecule has 7 aromatic rings. The summed E-state index contributed by atoms with van der Waals surface area (Å²) in [5, 5.41) is 0. The minimum atomic E-state index is -0.127. The second-order valence-corrected chi connectivity index (χ2v) is 14.6. The van der Waals surface area contributed by atoms with Gasteiger partial charge in [0.2, 0.25) is 0 Å². The van der Waals surface area contributed by atoms with Gasteiger partial charge in [-0.15, -0.1) is 0 Å². The topological polar surface area (TPSA) is 3.24 Å². The Bertz CT molecular complexity index is 2360. The molecule has 236 valence electrons. The molecule has 0 saturated carbocycles. The van der Waals surface area contributed by atoms with Crippen LogP contribution in [-0.2, 0) is 10.8 Å². The SMILES string of the molecule is CC1(C)c2ccccc2-c2cc(-c3ccc(N(c4ccccc4)c4ccc5c(c4)C(C)(C)c4cc(-c6ccccc6)ccc4-5)cc3)ccc21. The lowest BCUT2D eigenvalue weighted by Crippen LogP contribution is -2.16. The zero-order chi connectivity index (χ0) is 33.3. The minimum Gasteiger partial charge on any atom is -0.310 e. The molecule has 0 heterocycles. The van der Waals surface area contributed by atoms with Crippen molar-refractivity contribution in [2.45, 2.75) is 38.5 Å². The lowest BCUT2D eigenvalue weighted by Gasteiger charge is -2.28. The van der Waals surface area contributed by atoms with Gasteiger partial charge in [0.15, 0.2) is 0 Å². The van der Waals surface area contributed by atoms with Crippen molar-refractivity contribution in [1.82, 2.24) is 0 Å². The largest absolute Gasteiger partial charge is 0.310 e. The third-order valence-corrected chi connectivity index (χ3v) is 11.1. The van der Waals surface area contributed by atoms with Crippen LogP contribution in [0.1, 0.15) is 49.9 Å². The van der Waals surface area contributed by atoms with E-state index in [4.69, 9.17) is 0 Å². The van der Waals surface area contributed by atoms with E-state index in [0.717, 1.165) is 11.4 Å². The highest BCUT2D eigenvalue weighted by atomic mass is 15.1. The van der Waals surface area contributed by atoms with E-state index in [0.29, 0.717) is 0 Å². The molecule has 0 radical (unpaired) electrons. The molecule has 0 unspecified atom stereocenters. The van der Waals surface area contributed by atoms with Crippen LogP contribution in [0.15, 0.2) is 164 Å². The summed E-state index contributed by atoms with van der Waals surface area (Å²) in [4.78, 5) is 2.39. The van der Waals surface area contributed by atoms with E-state index in [-0.39, 0.29) is 10.8 Å². The molecule has 49 heavy (non-hydrogen) atoms. The van der Waals surface area contributed by atoms with Crippen LogP contribution in [0.4, 0.5) is 17.1 Å². The molecule has 0 bridgehead atoms. The number of para-hydroxylation sites is 1. The molecule has 7 aromatic carbocycles. The monoisotopic (exact) mass is 629 g/mol. The molecule has 0 saturated heterocycles. The molecule has 2 aliphatic carbocycles. The van der Waals surface area contributed by atoms with Crippen LogP contribution >= 0.6 is 0 Å². The fourth-order valence-electron chi connectivity index (χ4n) is 8.40. The highest BCUT2D eigenvalue weighted by Crippen LogP contribution is 2.52. The molecule has 0 spiro atoms. The van der Waals surface area contributed by atoms with Gasteiger partial charge >= 0.3 is 0 Å². The van der Waals surface area contributed by atoms with Crippen LogP contribution in [0.2, 0.25) is 0 Å². The first-order valence-corrected chi connectivity index (χ1v) is 17.4. The van der Waals surface area contributed by atoms with Gasteiger partial charge in [-0.05, 0) is 115 Å². The third kappa shape index (κ3) is 4.60. The van der Waals surface area contributed by atoms with Gasteiger partial charge in [0.1, 0.15) is 0 Å². The van der Waals surface area contributed by atoms with Gasteiger partial charge in [-0.2, -0.15) is 0 Å². The molecular weight excluding hydrogens is 591 g/mol. The molecule has 0 aliphatic heterocycles. The third-order valence-electron chi connectivity index (χ3n) is 11.1. The first-order chi connectivity index (χ1) is 23.8. The molecule has 0 N–H and O–H groups in total. The van der Waals surface area contributed by atoms with E-state index in [1.54, 1.807) is 0 Å². The summed E-state index contributed by atoms with van der Waals surface area (Å²) >= 11 is 0. The van der Waals surface area contributed by atoms with Crippen LogP contribution < -0.4 is 4.90 Å². The number of nitrogens with zero attached hydrogens (tertiary/aromatic N) is 1. The van der Waals surface area contributed by atoms with Crippen molar-refractivity contribution in [3.63, 3.8) is 0 Å². The number of anilines is 3. The predicted octanol–water partition coefficient (Wildman–Crippen LogP) is 13.1. The Morgan fingerprint density at radius 3 is 1.53 bits per heavy atom. The number of hydrogen-bond donors (Lipinski definition) is 0. The Kier molecular flexibility index (Phi) is 6.58. The quantitative estimate of drug-likeness (QED) is 0.183. The average molecular weight is 630 g/mol. The van der Waals surface area contributed by atoms with Crippen LogP contribution in [0.5, 0.6) is 0 Å². The lowest BCUT2D eigenvalue weighted by atomic mass is 9.81. The molecule has 0 atom stereocenters. The van der Waals surface area contributed by atoms with E-state index < -0.39 is 0 Å². The highest BCUT2D eigenvalue weighted by molar-refractivity contribution is 5.88. The molecule has 0 aromatic heterocycles. The van der Waals surface area contributed by atoms with Gasteiger partial charge in [0, 0.05) is 27.9 Å². The molecular formula is C48H39N. The standard InChI is InChI=1S/C48H39N/c1-47(2)43-18-12-11-17-39(43)42-29-34(22-28-44(42)47)33-19-23-37(24-20-33)49(36-15-9-6-10-16-36)38-25-27-41-40-26-21-35(32-13-7-5-8-14-32)30-45(40)48(3,4)46(41)31-38/h5-31H,1-4H3. The Balaban J connectivity index is 1.09. The number of fused-ring (bicyclic) bond motifs is 6. The van der Waals surface area contributed by atoms with Crippen molar-refractivity contribution in [1.29, 1.82) is 0 Å². The Hall–Kier alpha value is -5.66. The van der Waals surface area contributed by atoms with Crippen molar-refractivity contribution >= 4 is 17.1 Å². The van der Waals surface area contributed by atoms with Gasteiger partial charge in [0.25, 0.3) is 0 Å². The second-order valence-electron chi connectivity index (χ2n) is 14.6. The number of rotatable bonds is 5. The first kappa shape index (κ1) is 29.5. The maximum atomic E-state index is 2.41. The molecule has 0 amide bonds.